The van der Waals surface area contributed by atoms with E-state index >= 15 is 0 Å². The van der Waals surface area contributed by atoms with Crippen LogP contribution in [0.3, 0.4) is 0 Å². The molecule has 0 bridgehead atoms. The highest BCUT2D eigenvalue weighted by molar-refractivity contribution is 8.04. The van der Waals surface area contributed by atoms with E-state index in [0.29, 0.717) is 18.6 Å². The second kappa shape index (κ2) is 8.70. The molecule has 32 heavy (non-hydrogen) atoms. The first-order valence-corrected chi connectivity index (χ1v) is 14.2. The van der Waals surface area contributed by atoms with Gasteiger partial charge in [-0.2, -0.15) is 26.3 Å². The van der Waals surface area contributed by atoms with Crippen molar-refractivity contribution in [1.29, 1.82) is 0 Å². The summed E-state index contributed by atoms with van der Waals surface area (Å²) in [6.07, 6.45) is 1.01. The molecule has 0 aromatic heterocycles. The largest absolute Gasteiger partial charge is 0.512 e. The lowest BCUT2D eigenvalue weighted by Crippen LogP contribution is -2.48. The average Bonchev–Trinajstić information content (AvgIpc) is 2.53. The van der Waals surface area contributed by atoms with Crippen molar-refractivity contribution in [1.82, 2.24) is 7.42 Å². The molecule has 0 aliphatic carbocycles. The van der Waals surface area contributed by atoms with E-state index in [-0.39, 0.29) is 9.27 Å². The summed E-state index contributed by atoms with van der Waals surface area (Å²) in [5.74, 6) is 0. The minimum Gasteiger partial charge on any atom is -0.212 e. The topological polar surface area (TPSA) is 143 Å². The highest BCUT2D eigenvalue weighted by atomic mass is 32.3. The summed E-state index contributed by atoms with van der Waals surface area (Å²) < 4.78 is 168. The fraction of sp³-hybridized carbons (Fsp3) is 0.500. The van der Waals surface area contributed by atoms with Crippen molar-refractivity contribution in [2.24, 2.45) is 0 Å². The van der Waals surface area contributed by atoms with Gasteiger partial charge in [-0.3, -0.25) is 0 Å². The van der Waals surface area contributed by atoms with Crippen LogP contribution in [0.15, 0.2) is 24.3 Å². The van der Waals surface area contributed by atoms with Gasteiger partial charge in [-0.1, -0.05) is 31.7 Å². The SMILES string of the molecule is CS(=O)(=O)N(Cc1cccc(CN(S(=O)(=O)C(F)(F)F)S(=O)(=O)C(F)(F)F)c1)S(C)(=O)=O. The third-order valence-corrected chi connectivity index (χ3v) is 10.5. The van der Waals surface area contributed by atoms with E-state index in [1.54, 1.807) is 0 Å². The van der Waals surface area contributed by atoms with Crippen molar-refractivity contribution in [2.75, 3.05) is 12.5 Å². The smallest absolute Gasteiger partial charge is 0.212 e. The van der Waals surface area contributed by atoms with Crippen LogP contribution in [0.1, 0.15) is 11.1 Å². The lowest BCUT2D eigenvalue weighted by atomic mass is 10.1. The van der Waals surface area contributed by atoms with Gasteiger partial charge in [0, 0.05) is 0 Å². The van der Waals surface area contributed by atoms with Gasteiger partial charge in [0.25, 0.3) is 0 Å². The monoisotopic (exact) mass is 556 g/mol. The van der Waals surface area contributed by atoms with Crippen LogP contribution in [0.2, 0.25) is 0 Å². The third kappa shape index (κ3) is 6.31. The molecule has 20 heteroatoms. The standard InChI is InChI=1S/C12H14F6N2O8S4/c1-29(21,22)19(30(2,23)24)7-9-4-3-5-10(6-9)8-20(31(25,26)11(13,14)15)32(27,28)12(16,17)18/h3-6H,7-8H2,1-2H3. The quantitative estimate of drug-likeness (QED) is 0.430. The molecule has 186 valence electrons. The Bertz CT molecular complexity index is 1210. The molecule has 0 aliphatic rings. The Labute approximate surface area is 179 Å². The maximum absolute atomic E-state index is 12.8. The molecule has 0 N–H and O–H groups in total. The van der Waals surface area contributed by atoms with Gasteiger partial charge in [0.2, 0.25) is 20.0 Å². The molecule has 0 aliphatic heterocycles. The van der Waals surface area contributed by atoms with Crippen LogP contribution in [0, 0.1) is 0 Å². The summed E-state index contributed by atoms with van der Waals surface area (Å²) in [4.78, 5) is 0. The number of rotatable bonds is 8. The molecule has 0 radical (unpaired) electrons. The van der Waals surface area contributed by atoms with Gasteiger partial charge in [0.15, 0.2) is 0 Å². The Morgan fingerprint density at radius 1 is 0.656 bits per heavy atom. The zero-order valence-electron chi connectivity index (χ0n) is 15.8. The molecule has 0 saturated heterocycles. The first-order valence-electron chi connectivity index (χ1n) is 7.58. The highest BCUT2D eigenvalue weighted by Gasteiger charge is 2.61. The van der Waals surface area contributed by atoms with Gasteiger partial charge in [-0.25, -0.2) is 33.7 Å². The molecule has 1 aromatic carbocycles. The molecule has 1 rings (SSSR count). The van der Waals surface area contributed by atoms with E-state index in [1.807, 2.05) is 0 Å². The number of nitrogens with zero attached hydrogens (tertiary/aromatic N) is 2. The maximum Gasteiger partial charge on any atom is 0.512 e. The molecular weight excluding hydrogens is 542 g/mol. The van der Waals surface area contributed by atoms with Gasteiger partial charge >= 0.3 is 31.1 Å². The van der Waals surface area contributed by atoms with Crippen LogP contribution in [-0.4, -0.2) is 64.6 Å². The Kier molecular flexibility index (Phi) is 7.77. The molecule has 0 unspecified atom stereocenters. The number of sulfonamides is 4. The lowest BCUT2D eigenvalue weighted by Gasteiger charge is -2.24. The molecule has 0 saturated carbocycles. The normalized spacial score (nSPS) is 14.8. The van der Waals surface area contributed by atoms with Crippen LogP contribution in [0.25, 0.3) is 0 Å². The van der Waals surface area contributed by atoms with Crippen LogP contribution in [0.5, 0.6) is 0 Å². The van der Waals surface area contributed by atoms with Gasteiger partial charge in [-0.05, 0) is 11.1 Å². The van der Waals surface area contributed by atoms with Crippen molar-refractivity contribution >= 4 is 40.1 Å². The zero-order valence-corrected chi connectivity index (χ0v) is 19.1. The fourth-order valence-corrected chi connectivity index (χ4v) is 7.51. The van der Waals surface area contributed by atoms with E-state index in [2.05, 4.69) is 0 Å². The Hall–Kier alpha value is -1.48. The lowest BCUT2D eigenvalue weighted by molar-refractivity contribution is -0.0533. The first kappa shape index (κ1) is 28.6. The summed E-state index contributed by atoms with van der Waals surface area (Å²) in [5, 5.41) is 0. The van der Waals surface area contributed by atoms with Crippen LogP contribution >= 0.6 is 0 Å². The number of alkyl halides is 6. The molecule has 1 aromatic rings. The summed E-state index contributed by atoms with van der Waals surface area (Å²) in [5.41, 5.74) is -13.9. The zero-order chi connectivity index (χ0) is 25.6. The van der Waals surface area contributed by atoms with Gasteiger partial charge in [0.1, 0.15) is 0 Å². The van der Waals surface area contributed by atoms with Crippen molar-refractivity contribution in [3.05, 3.63) is 35.4 Å². The van der Waals surface area contributed by atoms with Crippen LogP contribution in [0.4, 0.5) is 26.3 Å². The minimum absolute atomic E-state index is 0.0458. The number of benzene rings is 1. The predicted octanol–water partition coefficient (Wildman–Crippen LogP) is 0.909. The molecule has 0 atom stereocenters. The number of hydrogen-bond donors (Lipinski definition) is 0. The Balaban J connectivity index is 3.56. The second-order valence-corrected chi connectivity index (χ2v) is 14.1. The Morgan fingerprint density at radius 3 is 1.25 bits per heavy atom. The molecule has 10 nitrogen and oxygen atoms in total. The summed E-state index contributed by atoms with van der Waals surface area (Å²) in [6, 6.07) is 3.33. The molecular formula is C12H14F6N2O8S4. The van der Waals surface area contributed by atoms with E-state index in [4.69, 9.17) is 0 Å². The molecule has 0 fully saturated rings. The van der Waals surface area contributed by atoms with Crippen LogP contribution < -0.4 is 0 Å². The number of hydrogen-bond acceptors (Lipinski definition) is 8. The van der Waals surface area contributed by atoms with Crippen molar-refractivity contribution in [3.63, 3.8) is 0 Å². The van der Waals surface area contributed by atoms with E-state index < -0.39 is 73.5 Å². The second-order valence-electron chi connectivity index (χ2n) is 6.11. The van der Waals surface area contributed by atoms with E-state index in [1.165, 1.54) is 0 Å². The molecule has 0 amide bonds. The first-order chi connectivity index (χ1) is 13.9. The third-order valence-electron chi connectivity index (χ3n) is 3.48. The average molecular weight is 557 g/mol. The molecule has 0 heterocycles. The summed E-state index contributed by atoms with van der Waals surface area (Å²) in [7, 11) is -22.9. The van der Waals surface area contributed by atoms with E-state index in [9.17, 15) is 60.0 Å². The minimum atomic E-state index is -7.04. The summed E-state index contributed by atoms with van der Waals surface area (Å²) >= 11 is 0. The van der Waals surface area contributed by atoms with Crippen molar-refractivity contribution < 1.29 is 60.0 Å². The fourth-order valence-electron chi connectivity index (χ4n) is 2.13. The number of halogens is 6. The Morgan fingerprint density at radius 2 is 0.969 bits per heavy atom. The van der Waals surface area contributed by atoms with Crippen LogP contribution in [-0.2, 0) is 53.2 Å². The highest BCUT2D eigenvalue weighted by Crippen LogP contribution is 2.36. The van der Waals surface area contributed by atoms with E-state index in [0.717, 1.165) is 18.2 Å². The van der Waals surface area contributed by atoms with Gasteiger partial charge in [0.05, 0.1) is 25.6 Å². The van der Waals surface area contributed by atoms with Crippen molar-refractivity contribution in [2.45, 2.75) is 24.1 Å². The van der Waals surface area contributed by atoms with Crippen molar-refractivity contribution in [3.8, 4) is 0 Å². The molecule has 0 spiro atoms. The van der Waals surface area contributed by atoms with Gasteiger partial charge in [-0.15, -0.1) is 0 Å². The predicted molar refractivity (Wildman–Crippen MR) is 97.2 cm³/mol. The van der Waals surface area contributed by atoms with Gasteiger partial charge < -0.3 is 0 Å². The summed E-state index contributed by atoms with van der Waals surface area (Å²) in [6.45, 7) is -2.92. The maximum atomic E-state index is 12.8.